The first-order chi connectivity index (χ1) is 12.1. The number of likely N-dealkylation sites (tertiary alicyclic amines) is 1. The number of carboxylic acid groups (broad SMARTS) is 1. The van der Waals surface area contributed by atoms with Crippen molar-refractivity contribution < 1.29 is 37.4 Å². The number of carbonyl (C=O) groups excluding carboxylic acids is 2. The van der Waals surface area contributed by atoms with E-state index in [1.807, 2.05) is 0 Å². The van der Waals surface area contributed by atoms with Gasteiger partial charge < -0.3 is 20.1 Å². The third-order valence-electron chi connectivity index (χ3n) is 3.68. The van der Waals surface area contributed by atoms with Gasteiger partial charge in [0.1, 0.15) is 12.3 Å². The van der Waals surface area contributed by atoms with E-state index in [1.54, 1.807) is 24.3 Å². The summed E-state index contributed by atoms with van der Waals surface area (Å²) in [4.78, 5) is 34.8. The third-order valence-corrected chi connectivity index (χ3v) is 3.68. The van der Waals surface area contributed by atoms with Gasteiger partial charge in [-0.3, -0.25) is 9.59 Å². The molecular weight excluding hydrogens is 357 g/mol. The van der Waals surface area contributed by atoms with Gasteiger partial charge in [0.15, 0.2) is 6.61 Å². The fraction of sp³-hybridized carbons (Fsp3) is 0.438. The molecule has 1 aliphatic heterocycles. The summed E-state index contributed by atoms with van der Waals surface area (Å²) in [5.41, 5.74) is 0.623. The second-order valence-electron chi connectivity index (χ2n) is 5.84. The predicted octanol–water partition coefficient (Wildman–Crippen LogP) is 1.18. The fourth-order valence-electron chi connectivity index (χ4n) is 2.54. The number of rotatable bonds is 7. The van der Waals surface area contributed by atoms with Crippen molar-refractivity contribution in [2.24, 2.45) is 5.92 Å². The van der Waals surface area contributed by atoms with E-state index in [0.29, 0.717) is 16.2 Å². The molecule has 1 unspecified atom stereocenters. The average Bonchev–Trinajstić information content (AvgIpc) is 2.90. The smallest absolute Gasteiger partial charge is 0.406 e. The first kappa shape index (κ1) is 19.5. The summed E-state index contributed by atoms with van der Waals surface area (Å²) in [7, 11) is 0. The lowest BCUT2D eigenvalue weighted by Crippen LogP contribution is -2.37. The lowest BCUT2D eigenvalue weighted by atomic mass is 10.1. The number of ether oxygens (including phenoxy) is 1. The van der Waals surface area contributed by atoms with E-state index in [1.165, 1.54) is 0 Å². The molecule has 2 rings (SSSR count). The molecule has 0 spiro atoms. The summed E-state index contributed by atoms with van der Waals surface area (Å²) >= 11 is 0. The molecule has 0 bridgehead atoms. The molecule has 2 N–H and O–H groups in total. The molecule has 1 aromatic rings. The fourth-order valence-corrected chi connectivity index (χ4v) is 2.54. The molecule has 1 aliphatic rings. The molecule has 0 radical (unpaired) electrons. The Hall–Kier alpha value is -2.78. The zero-order valence-electron chi connectivity index (χ0n) is 13.6. The summed E-state index contributed by atoms with van der Waals surface area (Å²) in [5, 5.41) is 11.1. The Kier molecular flexibility index (Phi) is 6.06. The summed E-state index contributed by atoms with van der Waals surface area (Å²) in [6.07, 6.45) is -4.76. The summed E-state index contributed by atoms with van der Waals surface area (Å²) in [6.45, 7) is -2.06. The van der Waals surface area contributed by atoms with Crippen molar-refractivity contribution in [2.45, 2.75) is 19.1 Å². The van der Waals surface area contributed by atoms with Crippen LogP contribution >= 0.6 is 0 Å². The number of alkyl halides is 3. The van der Waals surface area contributed by atoms with Crippen LogP contribution in [-0.2, 0) is 20.9 Å². The highest BCUT2D eigenvalue weighted by Crippen LogP contribution is 2.24. The van der Waals surface area contributed by atoms with Crippen LogP contribution in [0.25, 0.3) is 0 Å². The van der Waals surface area contributed by atoms with Crippen molar-refractivity contribution >= 4 is 17.8 Å². The van der Waals surface area contributed by atoms with Crippen molar-refractivity contribution in [1.29, 1.82) is 0 Å². The Balaban J connectivity index is 1.86. The van der Waals surface area contributed by atoms with Crippen LogP contribution in [0.5, 0.6) is 5.75 Å². The zero-order chi connectivity index (χ0) is 19.3. The van der Waals surface area contributed by atoms with E-state index < -0.39 is 43.0 Å². The van der Waals surface area contributed by atoms with Crippen LogP contribution < -0.4 is 10.1 Å². The molecule has 0 saturated carbocycles. The Labute approximate surface area is 146 Å². The first-order valence-electron chi connectivity index (χ1n) is 7.70. The van der Waals surface area contributed by atoms with Gasteiger partial charge in [-0.15, -0.1) is 0 Å². The van der Waals surface area contributed by atoms with Gasteiger partial charge in [-0.25, -0.2) is 4.79 Å². The van der Waals surface area contributed by atoms with Crippen LogP contribution in [0.15, 0.2) is 24.3 Å². The minimum atomic E-state index is -4.50. The van der Waals surface area contributed by atoms with E-state index in [9.17, 15) is 27.6 Å². The van der Waals surface area contributed by atoms with Crippen LogP contribution in [0.4, 0.5) is 13.2 Å². The maximum absolute atomic E-state index is 12.4. The van der Waals surface area contributed by atoms with Crippen LogP contribution in [0.1, 0.15) is 12.0 Å². The Morgan fingerprint density at radius 2 is 2.08 bits per heavy atom. The SMILES string of the molecule is O=C(O)COc1cccc(CNC(=O)C2CC(=O)N(CC(F)(F)F)C2)c1. The monoisotopic (exact) mass is 374 g/mol. The van der Waals surface area contributed by atoms with Gasteiger partial charge in [0.2, 0.25) is 11.8 Å². The molecular formula is C16H17F3N2O5. The van der Waals surface area contributed by atoms with Gasteiger partial charge in [0.05, 0.1) is 5.92 Å². The summed E-state index contributed by atoms with van der Waals surface area (Å²) in [6, 6.07) is 6.38. The Morgan fingerprint density at radius 3 is 2.73 bits per heavy atom. The van der Waals surface area contributed by atoms with Gasteiger partial charge >= 0.3 is 12.1 Å². The second kappa shape index (κ2) is 8.07. The number of carboxylic acids is 1. The number of carbonyl (C=O) groups is 3. The highest BCUT2D eigenvalue weighted by molar-refractivity contribution is 5.89. The van der Waals surface area contributed by atoms with Gasteiger partial charge in [0, 0.05) is 19.5 Å². The van der Waals surface area contributed by atoms with E-state index in [2.05, 4.69) is 5.32 Å². The van der Waals surface area contributed by atoms with Gasteiger partial charge in [-0.1, -0.05) is 12.1 Å². The number of halogens is 3. The highest BCUT2D eigenvalue weighted by Gasteiger charge is 2.40. The molecule has 0 aromatic heterocycles. The Morgan fingerprint density at radius 1 is 1.35 bits per heavy atom. The molecule has 0 aliphatic carbocycles. The quantitative estimate of drug-likeness (QED) is 0.747. The van der Waals surface area contributed by atoms with E-state index in [-0.39, 0.29) is 19.5 Å². The van der Waals surface area contributed by atoms with E-state index in [4.69, 9.17) is 9.84 Å². The van der Waals surface area contributed by atoms with Crippen LogP contribution in [-0.4, -0.2) is 53.7 Å². The first-order valence-corrected chi connectivity index (χ1v) is 7.70. The lowest BCUT2D eigenvalue weighted by Gasteiger charge is -2.18. The normalized spacial score (nSPS) is 17.3. The number of hydrogen-bond donors (Lipinski definition) is 2. The average molecular weight is 374 g/mol. The largest absolute Gasteiger partial charge is 0.482 e. The minimum absolute atomic E-state index is 0.0765. The maximum Gasteiger partial charge on any atom is 0.406 e. The van der Waals surface area contributed by atoms with Crippen molar-refractivity contribution in [2.75, 3.05) is 19.7 Å². The standard InChI is InChI=1S/C16H17F3N2O5/c17-16(18,19)9-21-7-11(5-13(21)22)15(25)20-6-10-2-1-3-12(4-10)26-8-14(23)24/h1-4,11H,5-9H2,(H,20,25)(H,23,24). The molecule has 10 heteroatoms. The molecule has 1 atom stereocenters. The number of aliphatic carboxylic acids is 1. The maximum atomic E-state index is 12.4. The number of benzene rings is 1. The van der Waals surface area contributed by atoms with Crippen molar-refractivity contribution in [1.82, 2.24) is 10.2 Å². The van der Waals surface area contributed by atoms with Gasteiger partial charge in [0.25, 0.3) is 0 Å². The predicted molar refractivity (Wildman–Crippen MR) is 82.2 cm³/mol. The van der Waals surface area contributed by atoms with Crippen molar-refractivity contribution in [3.8, 4) is 5.75 Å². The molecule has 1 heterocycles. The molecule has 2 amide bonds. The van der Waals surface area contributed by atoms with Crippen LogP contribution in [0, 0.1) is 5.92 Å². The van der Waals surface area contributed by atoms with Crippen LogP contribution in [0.3, 0.4) is 0 Å². The molecule has 26 heavy (non-hydrogen) atoms. The highest BCUT2D eigenvalue weighted by atomic mass is 19.4. The third kappa shape index (κ3) is 5.94. The van der Waals surface area contributed by atoms with Gasteiger partial charge in [-0.05, 0) is 17.7 Å². The number of hydrogen-bond acceptors (Lipinski definition) is 4. The van der Waals surface area contributed by atoms with Gasteiger partial charge in [-0.2, -0.15) is 13.2 Å². The van der Waals surface area contributed by atoms with E-state index >= 15 is 0 Å². The molecule has 7 nitrogen and oxygen atoms in total. The Bertz CT molecular complexity index is 693. The number of nitrogens with zero attached hydrogens (tertiary/aromatic N) is 1. The number of nitrogens with one attached hydrogen (secondary N) is 1. The molecule has 142 valence electrons. The number of amides is 2. The van der Waals surface area contributed by atoms with Crippen molar-refractivity contribution in [3.63, 3.8) is 0 Å². The molecule has 1 aromatic carbocycles. The van der Waals surface area contributed by atoms with E-state index in [0.717, 1.165) is 0 Å². The minimum Gasteiger partial charge on any atom is -0.482 e. The van der Waals surface area contributed by atoms with Crippen molar-refractivity contribution in [3.05, 3.63) is 29.8 Å². The summed E-state index contributed by atoms with van der Waals surface area (Å²) in [5.74, 6) is -2.87. The van der Waals surface area contributed by atoms with Crippen LogP contribution in [0.2, 0.25) is 0 Å². The second-order valence-corrected chi connectivity index (χ2v) is 5.84. The zero-order valence-corrected chi connectivity index (χ0v) is 13.6. The lowest BCUT2D eigenvalue weighted by molar-refractivity contribution is -0.157. The molecule has 1 saturated heterocycles. The summed E-state index contributed by atoms with van der Waals surface area (Å²) < 4.78 is 42.2. The topological polar surface area (TPSA) is 95.9 Å². The molecule has 1 fully saturated rings.